The molecule has 0 fully saturated rings. The van der Waals surface area contributed by atoms with Crippen molar-refractivity contribution in [2.75, 3.05) is 12.8 Å². The fourth-order valence-corrected chi connectivity index (χ4v) is 2.56. The number of alkyl halides is 3. The number of nitrogens with zero attached hydrogens (tertiary/aromatic N) is 2. The van der Waals surface area contributed by atoms with Crippen molar-refractivity contribution in [2.24, 2.45) is 0 Å². The number of allylic oxidation sites excluding steroid dienone is 1. The lowest BCUT2D eigenvalue weighted by Crippen LogP contribution is -2.25. The van der Waals surface area contributed by atoms with Crippen molar-refractivity contribution in [3.8, 4) is 11.5 Å². The van der Waals surface area contributed by atoms with Crippen molar-refractivity contribution in [1.29, 1.82) is 5.41 Å². The van der Waals surface area contributed by atoms with E-state index < -0.39 is 45.8 Å². The molecule has 9 nitrogen and oxygen atoms in total. The first-order valence-electron chi connectivity index (χ1n) is 7.35. The lowest BCUT2D eigenvalue weighted by molar-refractivity contribution is -0.135. The second kappa shape index (κ2) is 7.80. The molecule has 28 heavy (non-hydrogen) atoms. The molecule has 0 radical (unpaired) electrons. The molecule has 1 heterocycles. The van der Waals surface area contributed by atoms with Gasteiger partial charge in [-0.3, -0.25) is 10.2 Å². The van der Waals surface area contributed by atoms with Gasteiger partial charge in [-0.05, 0) is 24.3 Å². The van der Waals surface area contributed by atoms with Crippen LogP contribution in [0.25, 0.3) is 17.2 Å². The van der Waals surface area contributed by atoms with E-state index in [1.807, 2.05) is 0 Å². The molecule has 0 saturated carbocycles. The average molecular weight is 418 g/mol. The highest BCUT2D eigenvalue weighted by Crippen LogP contribution is 2.24. The number of aromatic nitrogens is 2. The lowest BCUT2D eigenvalue weighted by Gasteiger charge is -2.08. The van der Waals surface area contributed by atoms with Gasteiger partial charge in [0.2, 0.25) is 5.89 Å². The summed E-state index contributed by atoms with van der Waals surface area (Å²) in [5.41, 5.74) is -2.10. The maximum atomic E-state index is 12.6. The second-order valence-electron chi connectivity index (χ2n) is 5.43. The Labute approximate surface area is 156 Å². The number of benzene rings is 1. The van der Waals surface area contributed by atoms with E-state index in [2.05, 4.69) is 15.5 Å². The average Bonchev–Trinajstić information content (AvgIpc) is 3.06. The number of carboxylic acid groups (broad SMARTS) is 1. The van der Waals surface area contributed by atoms with Gasteiger partial charge in [0.05, 0.1) is 4.90 Å². The molecule has 1 aromatic heterocycles. The number of carboxylic acids is 1. The van der Waals surface area contributed by atoms with Gasteiger partial charge >= 0.3 is 12.1 Å². The minimum Gasteiger partial charge on any atom is -0.480 e. The van der Waals surface area contributed by atoms with Crippen LogP contribution in [0, 0.1) is 5.41 Å². The number of hydrogen-bond donors (Lipinski definition) is 3. The monoisotopic (exact) mass is 418 g/mol. The Hall–Kier alpha value is -3.22. The van der Waals surface area contributed by atoms with Crippen molar-refractivity contribution in [2.45, 2.75) is 11.1 Å². The van der Waals surface area contributed by atoms with Crippen molar-refractivity contribution in [3.63, 3.8) is 0 Å². The first kappa shape index (κ1) is 21.1. The van der Waals surface area contributed by atoms with Gasteiger partial charge in [0, 0.05) is 11.8 Å². The summed E-state index contributed by atoms with van der Waals surface area (Å²) >= 11 is 0. The lowest BCUT2D eigenvalue weighted by atomic mass is 10.2. The van der Waals surface area contributed by atoms with E-state index in [4.69, 9.17) is 14.9 Å². The summed E-state index contributed by atoms with van der Waals surface area (Å²) < 4.78 is 66.3. The van der Waals surface area contributed by atoms with Gasteiger partial charge in [0.15, 0.2) is 9.84 Å². The minimum absolute atomic E-state index is 0.0385. The molecule has 0 spiro atoms. The van der Waals surface area contributed by atoms with Crippen molar-refractivity contribution in [3.05, 3.63) is 36.2 Å². The highest BCUT2D eigenvalue weighted by Gasteiger charge is 2.33. The maximum Gasteiger partial charge on any atom is 0.432 e. The summed E-state index contributed by atoms with van der Waals surface area (Å²) in [4.78, 5) is 10.6. The highest BCUT2D eigenvalue weighted by molar-refractivity contribution is 7.90. The number of aliphatic carboxylic acids is 1. The minimum atomic E-state index is -4.97. The van der Waals surface area contributed by atoms with E-state index in [0.717, 1.165) is 6.26 Å². The normalized spacial score (nSPS) is 12.6. The van der Waals surface area contributed by atoms with Crippen LogP contribution in [0.2, 0.25) is 0 Å². The number of hydrogen-bond acceptors (Lipinski definition) is 8. The molecular formula is C15H13F3N4O5S. The number of rotatable bonds is 7. The molecule has 0 atom stereocenters. The summed E-state index contributed by atoms with van der Waals surface area (Å²) in [5.74, 6) is -2.08. The summed E-state index contributed by atoms with van der Waals surface area (Å²) in [5, 5.41) is 25.1. The predicted molar refractivity (Wildman–Crippen MR) is 90.2 cm³/mol. The molecule has 13 heteroatoms. The van der Waals surface area contributed by atoms with E-state index in [1.165, 1.54) is 24.3 Å². The SMILES string of the molecule is CS(=O)(=O)c1cccc(-c2nnc(/C(=C/C(=N)C(F)(F)F)NCC(=O)O)o2)c1. The third-order valence-electron chi connectivity index (χ3n) is 3.19. The molecule has 150 valence electrons. The zero-order valence-electron chi connectivity index (χ0n) is 14.1. The molecule has 0 bridgehead atoms. The fourth-order valence-electron chi connectivity index (χ4n) is 1.89. The van der Waals surface area contributed by atoms with Crippen LogP contribution in [-0.2, 0) is 14.6 Å². The predicted octanol–water partition coefficient (Wildman–Crippen LogP) is 1.74. The molecule has 2 rings (SSSR count). The molecule has 0 unspecified atom stereocenters. The van der Waals surface area contributed by atoms with E-state index in [0.29, 0.717) is 6.08 Å². The molecular weight excluding hydrogens is 405 g/mol. The smallest absolute Gasteiger partial charge is 0.432 e. The first-order valence-corrected chi connectivity index (χ1v) is 9.24. The van der Waals surface area contributed by atoms with Gasteiger partial charge in [-0.25, -0.2) is 8.42 Å². The summed E-state index contributed by atoms with van der Waals surface area (Å²) in [6.45, 7) is -0.766. The van der Waals surface area contributed by atoms with Gasteiger partial charge < -0.3 is 14.8 Å². The third kappa shape index (κ3) is 5.39. The van der Waals surface area contributed by atoms with Crippen molar-refractivity contribution >= 4 is 27.2 Å². The van der Waals surface area contributed by atoms with Crippen LogP contribution in [0.1, 0.15) is 5.89 Å². The summed E-state index contributed by atoms with van der Waals surface area (Å²) in [6.07, 6.45) is -3.67. The summed E-state index contributed by atoms with van der Waals surface area (Å²) in [7, 11) is -3.53. The zero-order chi connectivity index (χ0) is 21.1. The largest absolute Gasteiger partial charge is 0.480 e. The van der Waals surface area contributed by atoms with Gasteiger partial charge in [0.25, 0.3) is 5.89 Å². The number of sulfone groups is 1. The fraction of sp³-hybridized carbons (Fsp3) is 0.200. The van der Waals surface area contributed by atoms with Crippen LogP contribution in [0.15, 0.2) is 39.7 Å². The highest BCUT2D eigenvalue weighted by atomic mass is 32.2. The maximum absolute atomic E-state index is 12.6. The standard InChI is InChI=1S/C15H13F3N4O5S/c1-28(25,26)9-4-2-3-8(5-9)13-21-22-14(27-13)10(20-7-12(23)24)6-11(19)15(16,17)18/h2-6,19-20H,7H2,1H3,(H,23,24)/b10-6-,19-11?. The van der Waals surface area contributed by atoms with Crippen LogP contribution in [-0.4, -0.2) is 54.4 Å². The van der Waals surface area contributed by atoms with Crippen LogP contribution in [0.3, 0.4) is 0 Å². The third-order valence-corrected chi connectivity index (χ3v) is 4.30. The Kier molecular flexibility index (Phi) is 5.87. The second-order valence-corrected chi connectivity index (χ2v) is 7.44. The number of halogens is 3. The van der Waals surface area contributed by atoms with E-state index in [9.17, 15) is 26.4 Å². The van der Waals surface area contributed by atoms with Crippen LogP contribution in [0.5, 0.6) is 0 Å². The summed E-state index contributed by atoms with van der Waals surface area (Å²) in [6, 6.07) is 5.42. The number of carbonyl (C=O) groups is 1. The Balaban J connectivity index is 2.43. The van der Waals surface area contributed by atoms with Gasteiger partial charge in [-0.2, -0.15) is 13.2 Å². The van der Waals surface area contributed by atoms with Crippen LogP contribution in [0.4, 0.5) is 13.2 Å². The topological polar surface area (TPSA) is 146 Å². The Morgan fingerprint density at radius 2 is 2.04 bits per heavy atom. The van der Waals surface area contributed by atoms with Gasteiger partial charge in [0.1, 0.15) is 18.0 Å². The van der Waals surface area contributed by atoms with Gasteiger partial charge in [-0.15, -0.1) is 10.2 Å². The molecule has 0 aliphatic rings. The quantitative estimate of drug-likeness (QED) is 0.576. The van der Waals surface area contributed by atoms with Crippen LogP contribution < -0.4 is 5.32 Å². The van der Waals surface area contributed by atoms with Crippen LogP contribution >= 0.6 is 0 Å². The van der Waals surface area contributed by atoms with Crippen molar-refractivity contribution in [1.82, 2.24) is 15.5 Å². The molecule has 0 aliphatic heterocycles. The zero-order valence-corrected chi connectivity index (χ0v) is 14.9. The first-order chi connectivity index (χ1) is 12.9. The Morgan fingerprint density at radius 3 is 2.61 bits per heavy atom. The van der Waals surface area contributed by atoms with Crippen molar-refractivity contribution < 1.29 is 35.9 Å². The molecule has 3 N–H and O–H groups in total. The molecule has 0 amide bonds. The molecule has 2 aromatic rings. The van der Waals surface area contributed by atoms with E-state index in [-0.39, 0.29) is 16.3 Å². The van der Waals surface area contributed by atoms with E-state index in [1.54, 1.807) is 0 Å². The molecule has 0 saturated heterocycles. The Bertz CT molecular complexity index is 1040. The molecule has 0 aliphatic carbocycles. The molecule has 1 aromatic carbocycles. The number of nitrogens with one attached hydrogen (secondary N) is 2. The van der Waals surface area contributed by atoms with Gasteiger partial charge in [-0.1, -0.05) is 6.07 Å². The van der Waals surface area contributed by atoms with E-state index >= 15 is 0 Å². The Morgan fingerprint density at radius 1 is 1.36 bits per heavy atom.